The Morgan fingerprint density at radius 2 is 0.818 bits per heavy atom. The largest absolute Gasteiger partial charge is 0.472 e. The number of esters is 3. The summed E-state index contributed by atoms with van der Waals surface area (Å²) in [6.45, 7) is 4.37. The smallest absolute Gasteiger partial charge is 0.462 e. The lowest BCUT2D eigenvalue weighted by Gasteiger charge is -2.21. The third-order valence-electron chi connectivity index (χ3n) is 10.6. The second kappa shape index (κ2) is 48.4. The Labute approximate surface area is 401 Å². The van der Waals surface area contributed by atoms with E-state index in [-0.39, 0.29) is 25.9 Å². The van der Waals surface area contributed by atoms with Crippen LogP contribution in [0.4, 0.5) is 0 Å². The lowest BCUT2D eigenvalue weighted by atomic mass is 10.1. The van der Waals surface area contributed by atoms with Crippen molar-refractivity contribution in [2.24, 2.45) is 0 Å². The van der Waals surface area contributed by atoms with Gasteiger partial charge in [0.2, 0.25) is 0 Å². The first-order valence-corrected chi connectivity index (χ1v) is 27.3. The van der Waals surface area contributed by atoms with Crippen molar-refractivity contribution >= 4 is 25.7 Å². The summed E-state index contributed by atoms with van der Waals surface area (Å²) < 4.78 is 39.2. The SMILES string of the molecule is CC/C=C\C/C=C\C/C=C\C/C=C\CCC(=O)OC(COC(=O)CCCCCCC/C=C\CCCCCC)COP(=O)(O)OCC(CO)OC(=O)CCCCCCC/C=C\CCCCCC. The Hall–Kier alpha value is -3.08. The normalized spacial score (nSPS) is 14.1. The van der Waals surface area contributed by atoms with E-state index in [0.29, 0.717) is 19.3 Å². The van der Waals surface area contributed by atoms with Gasteiger partial charge in [-0.2, -0.15) is 0 Å². The third kappa shape index (κ3) is 46.0. The number of carbonyl (C=O) groups excluding carboxylic acids is 3. The van der Waals surface area contributed by atoms with Gasteiger partial charge in [-0.25, -0.2) is 4.57 Å². The van der Waals surface area contributed by atoms with Gasteiger partial charge in [0.1, 0.15) is 12.7 Å². The molecule has 0 spiro atoms. The van der Waals surface area contributed by atoms with E-state index in [1.807, 2.05) is 12.2 Å². The quantitative estimate of drug-likeness (QED) is 0.0197. The van der Waals surface area contributed by atoms with E-state index in [1.165, 1.54) is 51.4 Å². The number of rotatable bonds is 47. The van der Waals surface area contributed by atoms with Gasteiger partial charge in [0.15, 0.2) is 6.10 Å². The zero-order valence-corrected chi connectivity index (χ0v) is 42.5. The minimum atomic E-state index is -4.76. The maximum atomic E-state index is 12.8. The van der Waals surface area contributed by atoms with Crippen molar-refractivity contribution in [3.8, 4) is 0 Å². The summed E-state index contributed by atoms with van der Waals surface area (Å²) in [7, 11) is -4.76. The molecule has 0 fully saturated rings. The topological polar surface area (TPSA) is 155 Å². The van der Waals surface area contributed by atoms with Gasteiger partial charge >= 0.3 is 25.7 Å². The highest BCUT2D eigenvalue weighted by Gasteiger charge is 2.28. The second-order valence-electron chi connectivity index (χ2n) is 16.9. The number of unbranched alkanes of at least 4 members (excludes halogenated alkanes) is 18. The molecule has 0 amide bonds. The third-order valence-corrected chi connectivity index (χ3v) is 11.5. The molecule has 0 saturated heterocycles. The molecular weight excluding hydrogens is 856 g/mol. The standard InChI is InChI=1S/C54H93O11P/c1-4-7-10-13-16-19-22-25-28-31-34-37-40-43-52(56)61-47-51(65-54(58)45-42-39-36-33-30-27-24-21-18-15-12-9-6-3)49-63-66(59,60)62-48-50(46-55)64-53(57)44-41-38-35-32-29-26-23-20-17-14-11-8-5-2/h9,12,18-23,27,30,36,39,50-51,55H,4-8,10-11,13-17,24-26,28-29,31-35,37-38,40-49H2,1-3H3,(H,59,60)/b12-9-,21-18-,22-19-,23-20-,30-27-,39-36-. The van der Waals surface area contributed by atoms with Crippen molar-refractivity contribution in [2.75, 3.05) is 26.4 Å². The van der Waals surface area contributed by atoms with Crippen molar-refractivity contribution in [3.05, 3.63) is 72.9 Å². The van der Waals surface area contributed by atoms with E-state index < -0.39 is 57.8 Å². The highest BCUT2D eigenvalue weighted by atomic mass is 31.2. The number of phosphoric acid groups is 1. The molecule has 0 aromatic rings. The first-order chi connectivity index (χ1) is 32.2. The van der Waals surface area contributed by atoms with Gasteiger partial charge in [-0.05, 0) is 96.3 Å². The molecule has 0 aliphatic heterocycles. The molecule has 66 heavy (non-hydrogen) atoms. The molecule has 380 valence electrons. The van der Waals surface area contributed by atoms with Crippen LogP contribution in [0.25, 0.3) is 0 Å². The van der Waals surface area contributed by atoms with Crippen molar-refractivity contribution < 1.29 is 52.2 Å². The molecule has 2 N–H and O–H groups in total. The molecule has 12 heteroatoms. The number of hydrogen-bond acceptors (Lipinski definition) is 10. The van der Waals surface area contributed by atoms with Crippen LogP contribution in [0.15, 0.2) is 72.9 Å². The van der Waals surface area contributed by atoms with Crippen LogP contribution in [0.2, 0.25) is 0 Å². The fourth-order valence-corrected chi connectivity index (χ4v) is 7.44. The van der Waals surface area contributed by atoms with E-state index in [1.54, 1.807) is 0 Å². The predicted molar refractivity (Wildman–Crippen MR) is 270 cm³/mol. The average Bonchev–Trinajstić information content (AvgIpc) is 3.30. The van der Waals surface area contributed by atoms with Gasteiger partial charge in [-0.1, -0.05) is 171 Å². The molecule has 3 atom stereocenters. The molecule has 0 rings (SSSR count). The fourth-order valence-electron chi connectivity index (χ4n) is 6.65. The van der Waals surface area contributed by atoms with Crippen molar-refractivity contribution in [1.82, 2.24) is 0 Å². The first kappa shape index (κ1) is 62.9. The van der Waals surface area contributed by atoms with Crippen LogP contribution >= 0.6 is 7.82 Å². The molecule has 3 unspecified atom stereocenters. The molecule has 0 aliphatic carbocycles. The number of ether oxygens (including phenoxy) is 3. The highest BCUT2D eigenvalue weighted by Crippen LogP contribution is 2.43. The van der Waals surface area contributed by atoms with Crippen LogP contribution < -0.4 is 0 Å². The first-order valence-electron chi connectivity index (χ1n) is 25.8. The fraction of sp³-hybridized carbons (Fsp3) is 0.722. The Morgan fingerprint density at radius 3 is 1.30 bits per heavy atom. The summed E-state index contributed by atoms with van der Waals surface area (Å²) in [5.41, 5.74) is 0. The maximum Gasteiger partial charge on any atom is 0.472 e. The van der Waals surface area contributed by atoms with Crippen molar-refractivity contribution in [3.63, 3.8) is 0 Å². The van der Waals surface area contributed by atoms with Crippen LogP contribution in [-0.4, -0.2) is 66.5 Å². The monoisotopic (exact) mass is 949 g/mol. The minimum Gasteiger partial charge on any atom is -0.462 e. The van der Waals surface area contributed by atoms with E-state index >= 15 is 0 Å². The number of phosphoric ester groups is 1. The van der Waals surface area contributed by atoms with Gasteiger partial charge < -0.3 is 24.2 Å². The van der Waals surface area contributed by atoms with Crippen LogP contribution in [0.3, 0.4) is 0 Å². The van der Waals surface area contributed by atoms with Gasteiger partial charge in [-0.3, -0.25) is 23.4 Å². The van der Waals surface area contributed by atoms with Crippen molar-refractivity contribution in [2.45, 2.75) is 226 Å². The minimum absolute atomic E-state index is 0.0428. The zero-order chi connectivity index (χ0) is 48.4. The van der Waals surface area contributed by atoms with Crippen LogP contribution in [0, 0.1) is 0 Å². The zero-order valence-electron chi connectivity index (χ0n) is 41.6. The van der Waals surface area contributed by atoms with Crippen LogP contribution in [0.5, 0.6) is 0 Å². The molecule has 0 bridgehead atoms. The number of aliphatic hydroxyl groups excluding tert-OH is 1. The molecule has 0 aliphatic rings. The Morgan fingerprint density at radius 1 is 0.439 bits per heavy atom. The molecule has 0 aromatic heterocycles. The molecule has 0 radical (unpaired) electrons. The Balaban J connectivity index is 4.83. The summed E-state index contributed by atoms with van der Waals surface area (Å²) in [5.74, 6) is -1.59. The summed E-state index contributed by atoms with van der Waals surface area (Å²) in [5, 5.41) is 9.76. The molecule has 11 nitrogen and oxygen atoms in total. The van der Waals surface area contributed by atoms with Gasteiger partial charge in [-0.15, -0.1) is 0 Å². The molecule has 0 heterocycles. The predicted octanol–water partition coefficient (Wildman–Crippen LogP) is 14.6. The number of aliphatic hydroxyl groups is 1. The molecular formula is C54H93O11P. The van der Waals surface area contributed by atoms with Gasteiger partial charge in [0, 0.05) is 19.3 Å². The van der Waals surface area contributed by atoms with Crippen LogP contribution in [0.1, 0.15) is 213 Å². The highest BCUT2D eigenvalue weighted by molar-refractivity contribution is 7.47. The van der Waals surface area contributed by atoms with Gasteiger partial charge in [0.05, 0.1) is 19.8 Å². The molecule has 0 aromatic carbocycles. The maximum absolute atomic E-state index is 12.8. The van der Waals surface area contributed by atoms with E-state index in [4.69, 9.17) is 23.3 Å². The van der Waals surface area contributed by atoms with E-state index in [0.717, 1.165) is 103 Å². The number of allylic oxidation sites excluding steroid dienone is 12. The lowest BCUT2D eigenvalue weighted by Crippen LogP contribution is -2.30. The molecule has 0 saturated carbocycles. The number of hydrogen-bond donors (Lipinski definition) is 2. The summed E-state index contributed by atoms with van der Waals surface area (Å²) in [6.07, 6.45) is 51.8. The van der Waals surface area contributed by atoms with E-state index in [9.17, 15) is 28.9 Å². The summed E-state index contributed by atoms with van der Waals surface area (Å²) >= 11 is 0. The Kier molecular flexibility index (Phi) is 46.1. The second-order valence-corrected chi connectivity index (χ2v) is 18.4. The summed E-state index contributed by atoms with van der Waals surface area (Å²) in [4.78, 5) is 48.2. The van der Waals surface area contributed by atoms with Gasteiger partial charge in [0.25, 0.3) is 0 Å². The summed E-state index contributed by atoms with van der Waals surface area (Å²) in [6, 6.07) is 0. The van der Waals surface area contributed by atoms with E-state index in [2.05, 4.69) is 81.5 Å². The van der Waals surface area contributed by atoms with Crippen molar-refractivity contribution in [1.29, 1.82) is 0 Å². The number of carbonyl (C=O) groups is 3. The average molecular weight is 949 g/mol. The lowest BCUT2D eigenvalue weighted by molar-refractivity contribution is -0.161. The Bertz CT molecular complexity index is 1390. The van der Waals surface area contributed by atoms with Crippen LogP contribution in [-0.2, 0) is 42.2 Å².